The molecule has 0 bridgehead atoms. The Balaban J connectivity index is 1.70. The first-order valence-electron chi connectivity index (χ1n) is 10.2. The molecular formula is C27H28. The molecule has 0 N–H and O–H groups in total. The molecule has 0 aliphatic carbocycles. The molecule has 0 aliphatic rings. The first-order chi connectivity index (χ1) is 13.3. The topological polar surface area (TPSA) is 0 Å². The van der Waals surface area contributed by atoms with Gasteiger partial charge in [0.05, 0.1) is 0 Å². The highest BCUT2D eigenvalue weighted by molar-refractivity contribution is 5.99. The summed E-state index contributed by atoms with van der Waals surface area (Å²) in [6, 6.07) is 17.5. The molecule has 3 rings (SSSR count). The normalized spacial score (nSPS) is 10.3. The molecule has 0 heterocycles. The molecule has 0 amide bonds. The minimum atomic E-state index is 1.00. The van der Waals surface area contributed by atoms with E-state index >= 15 is 0 Å². The van der Waals surface area contributed by atoms with Gasteiger partial charge in [-0.05, 0) is 71.3 Å². The van der Waals surface area contributed by atoms with Gasteiger partial charge in [0.15, 0.2) is 0 Å². The van der Waals surface area contributed by atoms with E-state index in [2.05, 4.69) is 79.1 Å². The van der Waals surface area contributed by atoms with Gasteiger partial charge in [0.25, 0.3) is 0 Å². The van der Waals surface area contributed by atoms with Crippen LogP contribution in [-0.4, -0.2) is 0 Å². The summed E-state index contributed by atoms with van der Waals surface area (Å²) in [5.74, 6) is 12.8. The summed E-state index contributed by atoms with van der Waals surface area (Å²) in [5.41, 5.74) is 2.18. The first kappa shape index (κ1) is 19.1. The Morgan fingerprint density at radius 1 is 0.630 bits per heavy atom. The van der Waals surface area contributed by atoms with Gasteiger partial charge >= 0.3 is 0 Å². The predicted molar refractivity (Wildman–Crippen MR) is 119 cm³/mol. The van der Waals surface area contributed by atoms with Crippen LogP contribution in [0.4, 0.5) is 0 Å². The van der Waals surface area contributed by atoms with E-state index < -0.39 is 0 Å². The van der Waals surface area contributed by atoms with Crippen molar-refractivity contribution in [2.24, 2.45) is 0 Å². The second-order valence-corrected chi connectivity index (χ2v) is 7.17. The van der Waals surface area contributed by atoms with Crippen molar-refractivity contribution >= 4 is 21.5 Å². The summed E-state index contributed by atoms with van der Waals surface area (Å²) in [6.07, 6.45) is 8.93. The molecule has 0 aromatic heterocycles. The molecule has 3 aromatic rings. The van der Waals surface area contributed by atoms with Gasteiger partial charge in [-0.15, -0.1) is 5.92 Å². The average Bonchev–Trinajstić information content (AvgIpc) is 2.68. The fourth-order valence-electron chi connectivity index (χ4n) is 3.46. The lowest BCUT2D eigenvalue weighted by Crippen LogP contribution is -1.81. The average molecular weight is 353 g/mol. The Morgan fingerprint density at radius 3 is 1.85 bits per heavy atom. The number of rotatable bonds is 6. The van der Waals surface area contributed by atoms with Gasteiger partial charge in [0.2, 0.25) is 0 Å². The van der Waals surface area contributed by atoms with Gasteiger partial charge in [-0.1, -0.05) is 68.9 Å². The second-order valence-electron chi connectivity index (χ2n) is 7.17. The third-order valence-corrected chi connectivity index (χ3v) is 4.95. The molecule has 0 fully saturated rings. The Hall–Kier alpha value is -2.70. The zero-order valence-corrected chi connectivity index (χ0v) is 16.6. The minimum absolute atomic E-state index is 1.00. The Morgan fingerprint density at radius 2 is 1.22 bits per heavy atom. The van der Waals surface area contributed by atoms with Crippen LogP contribution in [0.15, 0.2) is 48.5 Å². The van der Waals surface area contributed by atoms with E-state index in [0.717, 1.165) is 17.5 Å². The van der Waals surface area contributed by atoms with E-state index in [4.69, 9.17) is 0 Å². The van der Waals surface area contributed by atoms with Crippen LogP contribution in [0.3, 0.4) is 0 Å². The maximum Gasteiger partial charge on any atom is 0.0251 e. The third-order valence-electron chi connectivity index (χ3n) is 4.95. The van der Waals surface area contributed by atoms with Gasteiger partial charge in [0, 0.05) is 17.5 Å². The molecular weight excluding hydrogens is 324 g/mol. The van der Waals surface area contributed by atoms with Gasteiger partial charge in [-0.3, -0.25) is 0 Å². The van der Waals surface area contributed by atoms with Crippen LogP contribution < -0.4 is 0 Å². The van der Waals surface area contributed by atoms with E-state index in [-0.39, 0.29) is 0 Å². The molecule has 0 heteroatoms. The minimum Gasteiger partial charge on any atom is -0.101 e. The highest BCUT2D eigenvalue weighted by Crippen LogP contribution is 2.24. The highest BCUT2D eigenvalue weighted by atomic mass is 14.0. The molecule has 0 unspecified atom stereocenters. The van der Waals surface area contributed by atoms with E-state index in [1.807, 2.05) is 6.92 Å². The van der Waals surface area contributed by atoms with Crippen LogP contribution in [0, 0.1) is 23.7 Å². The van der Waals surface area contributed by atoms with Crippen molar-refractivity contribution in [3.05, 3.63) is 59.7 Å². The van der Waals surface area contributed by atoms with Crippen molar-refractivity contribution in [2.75, 3.05) is 0 Å². The molecule has 0 aliphatic heterocycles. The van der Waals surface area contributed by atoms with Crippen molar-refractivity contribution in [1.82, 2.24) is 0 Å². The molecule has 0 saturated heterocycles. The summed E-state index contributed by atoms with van der Waals surface area (Å²) in [6.45, 7) is 4.13. The van der Waals surface area contributed by atoms with Crippen molar-refractivity contribution in [3.8, 4) is 23.7 Å². The van der Waals surface area contributed by atoms with Crippen LogP contribution in [0.2, 0.25) is 0 Å². The van der Waals surface area contributed by atoms with E-state index in [1.54, 1.807) is 0 Å². The number of fused-ring (bicyclic) bond motifs is 2. The van der Waals surface area contributed by atoms with Crippen molar-refractivity contribution in [3.63, 3.8) is 0 Å². The van der Waals surface area contributed by atoms with Crippen molar-refractivity contribution in [1.29, 1.82) is 0 Å². The Kier molecular flexibility index (Phi) is 6.96. The number of benzene rings is 3. The molecule has 0 saturated carbocycles. The second kappa shape index (κ2) is 9.85. The summed E-state index contributed by atoms with van der Waals surface area (Å²) in [4.78, 5) is 0. The van der Waals surface area contributed by atoms with Crippen molar-refractivity contribution in [2.45, 2.75) is 58.8 Å². The number of unbranched alkanes of at least 4 members (excludes halogenated alkanes) is 6. The molecule has 0 spiro atoms. The fraction of sp³-hybridized carbons (Fsp3) is 0.333. The number of hydrogen-bond acceptors (Lipinski definition) is 0. The summed E-state index contributed by atoms with van der Waals surface area (Å²) in [5, 5.41) is 5.00. The molecule has 27 heavy (non-hydrogen) atoms. The molecule has 136 valence electrons. The quantitative estimate of drug-likeness (QED) is 0.245. The summed E-state index contributed by atoms with van der Waals surface area (Å²) < 4.78 is 0. The first-order valence-corrected chi connectivity index (χ1v) is 10.2. The van der Waals surface area contributed by atoms with E-state index in [0.29, 0.717) is 0 Å². The third kappa shape index (κ3) is 5.39. The standard InChI is InChI=1S/C27H28/c1-3-5-6-7-8-9-10-11-13-23-15-17-25-20-26-18-22(12-4-2)14-16-24(26)21-27(25)19-23/h14-21H,3,5-10H2,1-2H3. The summed E-state index contributed by atoms with van der Waals surface area (Å²) >= 11 is 0. The largest absolute Gasteiger partial charge is 0.101 e. The van der Waals surface area contributed by atoms with Gasteiger partial charge in [-0.25, -0.2) is 0 Å². The lowest BCUT2D eigenvalue weighted by atomic mass is 10.00. The summed E-state index contributed by atoms with van der Waals surface area (Å²) in [7, 11) is 0. The van der Waals surface area contributed by atoms with Gasteiger partial charge < -0.3 is 0 Å². The lowest BCUT2D eigenvalue weighted by Gasteiger charge is -2.04. The maximum absolute atomic E-state index is 3.35. The SMILES string of the molecule is CC#Cc1ccc2cc3cc(C#CCCCCCCCC)ccc3cc2c1. The molecule has 0 radical (unpaired) electrons. The zero-order chi connectivity index (χ0) is 18.9. The van der Waals surface area contributed by atoms with Crippen LogP contribution in [0.5, 0.6) is 0 Å². The van der Waals surface area contributed by atoms with E-state index in [9.17, 15) is 0 Å². The van der Waals surface area contributed by atoms with Gasteiger partial charge in [0.1, 0.15) is 0 Å². The fourth-order valence-corrected chi connectivity index (χ4v) is 3.46. The zero-order valence-electron chi connectivity index (χ0n) is 16.6. The van der Waals surface area contributed by atoms with Crippen LogP contribution in [0.25, 0.3) is 21.5 Å². The monoisotopic (exact) mass is 352 g/mol. The Labute approximate surface area is 164 Å². The molecule has 0 atom stereocenters. The molecule has 3 aromatic carbocycles. The van der Waals surface area contributed by atoms with Crippen LogP contribution in [-0.2, 0) is 0 Å². The maximum atomic E-state index is 3.35. The smallest absolute Gasteiger partial charge is 0.0251 e. The van der Waals surface area contributed by atoms with E-state index in [1.165, 1.54) is 60.1 Å². The lowest BCUT2D eigenvalue weighted by molar-refractivity contribution is 0.614. The van der Waals surface area contributed by atoms with Crippen molar-refractivity contribution < 1.29 is 0 Å². The highest BCUT2D eigenvalue weighted by Gasteiger charge is 2.00. The van der Waals surface area contributed by atoms with Crippen LogP contribution in [0.1, 0.15) is 69.9 Å². The van der Waals surface area contributed by atoms with Crippen LogP contribution >= 0.6 is 0 Å². The molecule has 0 nitrogen and oxygen atoms in total. The Bertz CT molecular complexity index is 1030. The van der Waals surface area contributed by atoms with Gasteiger partial charge in [-0.2, -0.15) is 0 Å². The number of hydrogen-bond donors (Lipinski definition) is 0. The predicted octanol–water partition coefficient (Wildman–Crippen LogP) is 7.47.